The number of aromatic nitrogens is 2. The maximum absolute atomic E-state index is 12.0. The molecular formula is C24H24ClN5O4. The number of ether oxygens (including phenoxy) is 2. The van der Waals surface area contributed by atoms with Crippen molar-refractivity contribution in [2.45, 2.75) is 13.5 Å². The molecule has 3 N–H and O–H groups in total. The molecule has 0 radical (unpaired) electrons. The van der Waals surface area contributed by atoms with Crippen molar-refractivity contribution in [2.75, 3.05) is 24.8 Å². The first kappa shape index (κ1) is 24.5. The SMILES string of the molecule is C=CC(=O)Nc1cccc(C)c1Nc1ncc(OCc2cc(C(=O)NC)cc(OC)c2Cl)cn1. The summed E-state index contributed by atoms with van der Waals surface area (Å²) in [5, 5.41) is 8.78. The van der Waals surface area contributed by atoms with Crippen LogP contribution >= 0.6 is 11.6 Å². The molecule has 0 bridgehead atoms. The van der Waals surface area contributed by atoms with Gasteiger partial charge in [0.1, 0.15) is 12.4 Å². The number of carbonyl (C=O) groups excluding carboxylic acids is 2. The second-order valence-electron chi connectivity index (χ2n) is 7.08. The van der Waals surface area contributed by atoms with E-state index in [0.29, 0.717) is 45.0 Å². The topological polar surface area (TPSA) is 114 Å². The van der Waals surface area contributed by atoms with E-state index in [1.54, 1.807) is 25.2 Å². The Morgan fingerprint density at radius 3 is 2.59 bits per heavy atom. The van der Waals surface area contributed by atoms with Gasteiger partial charge in [-0.3, -0.25) is 9.59 Å². The van der Waals surface area contributed by atoms with E-state index in [1.165, 1.54) is 25.6 Å². The zero-order chi connectivity index (χ0) is 24.7. The lowest BCUT2D eigenvalue weighted by Crippen LogP contribution is -2.18. The predicted octanol–water partition coefficient (Wildman–Crippen LogP) is 4.25. The Balaban J connectivity index is 1.74. The number of halogens is 1. The second-order valence-corrected chi connectivity index (χ2v) is 7.46. The Bertz CT molecular complexity index is 1210. The highest BCUT2D eigenvalue weighted by Crippen LogP contribution is 2.31. The normalized spacial score (nSPS) is 10.2. The summed E-state index contributed by atoms with van der Waals surface area (Å²) < 4.78 is 11.0. The molecule has 0 saturated carbocycles. The Morgan fingerprint density at radius 1 is 1.21 bits per heavy atom. The van der Waals surface area contributed by atoms with Crippen LogP contribution in [0.2, 0.25) is 5.02 Å². The fourth-order valence-corrected chi connectivity index (χ4v) is 3.28. The number of methoxy groups -OCH3 is 1. The van der Waals surface area contributed by atoms with E-state index in [9.17, 15) is 9.59 Å². The summed E-state index contributed by atoms with van der Waals surface area (Å²) in [5.41, 5.74) is 3.11. The van der Waals surface area contributed by atoms with Crippen LogP contribution in [0.25, 0.3) is 0 Å². The molecule has 0 unspecified atom stereocenters. The van der Waals surface area contributed by atoms with Gasteiger partial charge in [-0.15, -0.1) is 0 Å². The van der Waals surface area contributed by atoms with E-state index < -0.39 is 0 Å². The minimum atomic E-state index is -0.325. The molecule has 1 aromatic heterocycles. The summed E-state index contributed by atoms with van der Waals surface area (Å²) in [5.74, 6) is 0.492. The van der Waals surface area contributed by atoms with Gasteiger partial charge in [-0.25, -0.2) is 9.97 Å². The minimum absolute atomic E-state index is 0.0751. The number of para-hydroxylation sites is 1. The lowest BCUT2D eigenvalue weighted by molar-refractivity contribution is -0.111. The maximum atomic E-state index is 12.0. The highest BCUT2D eigenvalue weighted by Gasteiger charge is 2.15. The van der Waals surface area contributed by atoms with Gasteiger partial charge >= 0.3 is 0 Å². The summed E-state index contributed by atoms with van der Waals surface area (Å²) >= 11 is 6.37. The Kier molecular flexibility index (Phi) is 8.05. The van der Waals surface area contributed by atoms with Gasteiger partial charge in [0.2, 0.25) is 11.9 Å². The molecule has 9 nitrogen and oxygen atoms in total. The first-order chi connectivity index (χ1) is 16.4. The van der Waals surface area contributed by atoms with Crippen molar-refractivity contribution in [3.8, 4) is 11.5 Å². The summed E-state index contributed by atoms with van der Waals surface area (Å²) in [6.07, 6.45) is 4.20. The largest absolute Gasteiger partial charge is 0.495 e. The molecule has 3 rings (SSSR count). The minimum Gasteiger partial charge on any atom is -0.495 e. The van der Waals surface area contributed by atoms with Gasteiger partial charge in [0.25, 0.3) is 5.91 Å². The van der Waals surface area contributed by atoms with E-state index >= 15 is 0 Å². The van der Waals surface area contributed by atoms with Crippen LogP contribution in [0.5, 0.6) is 11.5 Å². The number of hydrogen-bond donors (Lipinski definition) is 3. The first-order valence-corrected chi connectivity index (χ1v) is 10.6. The lowest BCUT2D eigenvalue weighted by Gasteiger charge is -2.14. The number of hydrogen-bond acceptors (Lipinski definition) is 7. The molecule has 1 heterocycles. The Hall–Kier alpha value is -4.11. The van der Waals surface area contributed by atoms with Crippen molar-refractivity contribution in [1.82, 2.24) is 15.3 Å². The molecule has 0 fully saturated rings. The molecular weight excluding hydrogens is 458 g/mol. The van der Waals surface area contributed by atoms with Crippen LogP contribution < -0.4 is 25.4 Å². The Labute approximate surface area is 202 Å². The van der Waals surface area contributed by atoms with Crippen LogP contribution in [0, 0.1) is 6.92 Å². The van der Waals surface area contributed by atoms with Crippen LogP contribution in [0.3, 0.4) is 0 Å². The molecule has 0 aliphatic rings. The third kappa shape index (κ3) is 5.81. The van der Waals surface area contributed by atoms with Crippen molar-refractivity contribution < 1.29 is 19.1 Å². The third-order valence-corrected chi connectivity index (χ3v) is 5.23. The van der Waals surface area contributed by atoms with Gasteiger partial charge in [-0.2, -0.15) is 0 Å². The summed E-state index contributed by atoms with van der Waals surface area (Å²) in [7, 11) is 3.02. The number of carbonyl (C=O) groups is 2. The zero-order valence-corrected chi connectivity index (χ0v) is 19.7. The second kappa shape index (κ2) is 11.2. The van der Waals surface area contributed by atoms with E-state index in [4.69, 9.17) is 21.1 Å². The Morgan fingerprint density at radius 2 is 1.94 bits per heavy atom. The molecule has 0 atom stereocenters. The predicted molar refractivity (Wildman–Crippen MR) is 131 cm³/mol. The summed E-state index contributed by atoms with van der Waals surface area (Å²) in [4.78, 5) is 32.3. The van der Waals surface area contributed by atoms with E-state index in [-0.39, 0.29) is 18.4 Å². The van der Waals surface area contributed by atoms with Gasteiger partial charge in [0, 0.05) is 18.2 Å². The average Bonchev–Trinajstić information content (AvgIpc) is 2.85. The number of amides is 2. The van der Waals surface area contributed by atoms with E-state index in [2.05, 4.69) is 32.5 Å². The third-order valence-electron chi connectivity index (χ3n) is 4.80. The van der Waals surface area contributed by atoms with Crippen LogP contribution in [0.15, 0.2) is 55.4 Å². The standard InChI is InChI=1S/C24H24ClN5O4/c1-5-20(31)29-18-8-6-7-14(2)22(18)30-24-27-11-17(12-28-24)34-13-16-9-15(23(32)26-3)10-19(33-4)21(16)25/h5-12H,1,13H2,2-4H3,(H,26,32)(H,29,31)(H,27,28,30). The van der Waals surface area contributed by atoms with E-state index in [1.807, 2.05) is 19.1 Å². The van der Waals surface area contributed by atoms with Crippen molar-refractivity contribution in [3.63, 3.8) is 0 Å². The highest BCUT2D eigenvalue weighted by atomic mass is 35.5. The highest BCUT2D eigenvalue weighted by molar-refractivity contribution is 6.33. The van der Waals surface area contributed by atoms with Crippen molar-refractivity contribution >= 4 is 40.7 Å². The van der Waals surface area contributed by atoms with Gasteiger partial charge in [0.05, 0.1) is 35.9 Å². The number of nitrogens with zero attached hydrogens (tertiary/aromatic N) is 2. The molecule has 10 heteroatoms. The number of rotatable bonds is 9. The fraction of sp³-hybridized carbons (Fsp3) is 0.167. The van der Waals surface area contributed by atoms with E-state index in [0.717, 1.165) is 5.56 Å². The quantitative estimate of drug-likeness (QED) is 0.391. The monoisotopic (exact) mass is 481 g/mol. The van der Waals surface area contributed by atoms with Gasteiger partial charge in [-0.1, -0.05) is 30.3 Å². The first-order valence-electron chi connectivity index (χ1n) is 10.2. The van der Waals surface area contributed by atoms with Crippen LogP contribution in [-0.2, 0) is 11.4 Å². The summed E-state index contributed by atoms with van der Waals surface area (Å²) in [6, 6.07) is 8.69. The van der Waals surface area contributed by atoms with Crippen molar-refractivity contribution in [2.24, 2.45) is 0 Å². The van der Waals surface area contributed by atoms with Gasteiger partial charge in [0.15, 0.2) is 5.75 Å². The number of nitrogens with one attached hydrogen (secondary N) is 3. The molecule has 0 aliphatic carbocycles. The van der Waals surface area contributed by atoms with Gasteiger partial charge < -0.3 is 25.4 Å². The molecule has 2 aromatic carbocycles. The van der Waals surface area contributed by atoms with Gasteiger partial charge in [-0.05, 0) is 36.8 Å². The van der Waals surface area contributed by atoms with Crippen molar-refractivity contribution in [1.29, 1.82) is 0 Å². The number of anilines is 3. The van der Waals surface area contributed by atoms with Crippen molar-refractivity contribution in [3.05, 3.63) is 77.1 Å². The average molecular weight is 482 g/mol. The molecule has 0 aliphatic heterocycles. The molecule has 3 aromatic rings. The molecule has 2 amide bonds. The zero-order valence-electron chi connectivity index (χ0n) is 18.9. The number of aryl methyl sites for hydroxylation is 1. The molecule has 0 saturated heterocycles. The molecule has 34 heavy (non-hydrogen) atoms. The fourth-order valence-electron chi connectivity index (χ4n) is 3.03. The molecule has 176 valence electrons. The molecule has 0 spiro atoms. The number of benzene rings is 2. The van der Waals surface area contributed by atoms with Crippen LogP contribution in [-0.4, -0.2) is 35.9 Å². The van der Waals surface area contributed by atoms with Crippen LogP contribution in [0.1, 0.15) is 21.5 Å². The smallest absolute Gasteiger partial charge is 0.251 e. The maximum Gasteiger partial charge on any atom is 0.251 e. The summed E-state index contributed by atoms with van der Waals surface area (Å²) in [6.45, 7) is 5.44. The lowest BCUT2D eigenvalue weighted by atomic mass is 10.1. The van der Waals surface area contributed by atoms with Crippen LogP contribution in [0.4, 0.5) is 17.3 Å².